The fourth-order valence-corrected chi connectivity index (χ4v) is 4.82. The first-order chi connectivity index (χ1) is 14.7. The number of halogens is 1. The molecule has 0 aliphatic heterocycles. The zero-order valence-electron chi connectivity index (χ0n) is 16.6. The zero-order chi connectivity index (χ0) is 22.6. The van der Waals surface area contributed by atoms with Crippen LogP contribution in [0.2, 0.25) is 5.02 Å². The van der Waals surface area contributed by atoms with Gasteiger partial charge in [0.1, 0.15) is 4.88 Å². The van der Waals surface area contributed by atoms with Crippen molar-refractivity contribution >= 4 is 55.5 Å². The Labute approximate surface area is 189 Å². The molecular formula is C21H19ClN2O5S2. The minimum absolute atomic E-state index is 0.0484. The summed E-state index contributed by atoms with van der Waals surface area (Å²) >= 11 is 6.92. The Bertz CT molecular complexity index is 1220. The maximum Gasteiger partial charge on any atom is 0.348 e. The van der Waals surface area contributed by atoms with Gasteiger partial charge in [0.25, 0.3) is 15.9 Å². The summed E-state index contributed by atoms with van der Waals surface area (Å²) in [5, 5.41) is 3.63. The highest BCUT2D eigenvalue weighted by molar-refractivity contribution is 7.92. The van der Waals surface area contributed by atoms with Gasteiger partial charge in [-0.1, -0.05) is 17.7 Å². The quantitative estimate of drug-likeness (QED) is 0.468. The number of hydrogen-bond acceptors (Lipinski definition) is 6. The van der Waals surface area contributed by atoms with E-state index in [0.29, 0.717) is 20.5 Å². The van der Waals surface area contributed by atoms with Crippen LogP contribution in [0.1, 0.15) is 32.5 Å². The Morgan fingerprint density at radius 2 is 1.81 bits per heavy atom. The highest BCUT2D eigenvalue weighted by Gasteiger charge is 2.18. The number of rotatable bonds is 7. The van der Waals surface area contributed by atoms with E-state index in [0.717, 1.165) is 11.3 Å². The largest absolute Gasteiger partial charge is 0.462 e. The molecule has 0 aliphatic rings. The first kappa shape index (κ1) is 22.8. The number of hydrogen-bond donors (Lipinski definition) is 2. The summed E-state index contributed by atoms with van der Waals surface area (Å²) in [4.78, 5) is 25.1. The van der Waals surface area contributed by atoms with Gasteiger partial charge in [-0.2, -0.15) is 0 Å². The summed E-state index contributed by atoms with van der Waals surface area (Å²) in [5.74, 6) is -0.881. The van der Waals surface area contributed by atoms with Crippen LogP contribution in [0, 0.1) is 6.92 Å². The number of benzene rings is 2. The number of ether oxygens (including phenoxy) is 1. The molecule has 0 saturated carbocycles. The van der Waals surface area contributed by atoms with Crippen molar-refractivity contribution in [3.63, 3.8) is 0 Å². The van der Waals surface area contributed by atoms with E-state index in [1.54, 1.807) is 38.1 Å². The fraction of sp³-hybridized carbons (Fsp3) is 0.143. The van der Waals surface area contributed by atoms with Crippen LogP contribution >= 0.6 is 22.9 Å². The highest BCUT2D eigenvalue weighted by Crippen LogP contribution is 2.28. The smallest absolute Gasteiger partial charge is 0.348 e. The van der Waals surface area contributed by atoms with E-state index >= 15 is 0 Å². The van der Waals surface area contributed by atoms with Gasteiger partial charge >= 0.3 is 5.97 Å². The molecule has 0 unspecified atom stereocenters. The molecule has 0 saturated heterocycles. The second-order valence-corrected chi connectivity index (χ2v) is 9.61. The minimum atomic E-state index is -3.84. The standard InChI is InChI=1S/C21H19ClN2O5S2/c1-3-29-21(26)19-13(2)11-18(30-19)23-20(25)14-5-4-6-16(12-14)24-31(27,28)17-9-7-15(22)8-10-17/h4-12,24H,3H2,1-2H3,(H,23,25). The van der Waals surface area contributed by atoms with Crippen molar-refractivity contribution in [2.45, 2.75) is 18.7 Å². The number of carbonyl (C=O) groups excluding carboxylic acids is 2. The van der Waals surface area contributed by atoms with Crippen molar-refractivity contribution in [2.24, 2.45) is 0 Å². The molecule has 1 aromatic heterocycles. The fourth-order valence-electron chi connectivity index (χ4n) is 2.68. The molecule has 162 valence electrons. The molecule has 31 heavy (non-hydrogen) atoms. The monoisotopic (exact) mass is 478 g/mol. The van der Waals surface area contributed by atoms with E-state index in [1.807, 2.05) is 0 Å². The van der Waals surface area contributed by atoms with Crippen LogP contribution in [0.3, 0.4) is 0 Å². The van der Waals surface area contributed by atoms with E-state index in [-0.39, 0.29) is 22.8 Å². The number of aryl methyl sites for hydroxylation is 1. The molecule has 1 amide bonds. The van der Waals surface area contributed by atoms with Crippen molar-refractivity contribution in [2.75, 3.05) is 16.6 Å². The normalized spacial score (nSPS) is 11.1. The third kappa shape index (κ3) is 5.63. The molecule has 2 aromatic carbocycles. The minimum Gasteiger partial charge on any atom is -0.462 e. The van der Waals surface area contributed by atoms with Crippen LogP contribution < -0.4 is 10.0 Å². The lowest BCUT2D eigenvalue weighted by molar-refractivity contribution is 0.0531. The molecule has 3 rings (SSSR count). The van der Waals surface area contributed by atoms with E-state index in [4.69, 9.17) is 16.3 Å². The number of nitrogens with one attached hydrogen (secondary N) is 2. The number of anilines is 2. The van der Waals surface area contributed by atoms with Gasteiger partial charge in [-0.25, -0.2) is 13.2 Å². The predicted molar refractivity (Wildman–Crippen MR) is 122 cm³/mol. The summed E-state index contributed by atoms with van der Waals surface area (Å²) in [6, 6.07) is 13.5. The Balaban J connectivity index is 1.75. The molecule has 7 nitrogen and oxygen atoms in total. The Hall–Kier alpha value is -2.88. The molecular weight excluding hydrogens is 460 g/mol. The second kappa shape index (κ2) is 9.51. The molecule has 2 N–H and O–H groups in total. The van der Waals surface area contributed by atoms with Gasteiger partial charge in [-0.05, 0) is 67.9 Å². The number of esters is 1. The van der Waals surface area contributed by atoms with Crippen LogP contribution in [-0.4, -0.2) is 26.9 Å². The molecule has 0 atom stereocenters. The maximum atomic E-state index is 12.6. The Morgan fingerprint density at radius 3 is 2.48 bits per heavy atom. The molecule has 3 aromatic rings. The lowest BCUT2D eigenvalue weighted by Gasteiger charge is -2.10. The first-order valence-corrected chi connectivity index (χ1v) is 11.8. The summed E-state index contributed by atoms with van der Waals surface area (Å²) in [7, 11) is -3.84. The zero-order valence-corrected chi connectivity index (χ0v) is 19.0. The number of carbonyl (C=O) groups is 2. The first-order valence-electron chi connectivity index (χ1n) is 9.17. The van der Waals surface area contributed by atoms with E-state index in [2.05, 4.69) is 10.0 Å². The van der Waals surface area contributed by atoms with Gasteiger partial charge < -0.3 is 10.1 Å². The third-order valence-electron chi connectivity index (χ3n) is 4.12. The third-order valence-corrected chi connectivity index (χ3v) is 6.90. The van der Waals surface area contributed by atoms with Gasteiger partial charge in [0.05, 0.1) is 16.5 Å². The topological polar surface area (TPSA) is 102 Å². The average Bonchev–Trinajstić information content (AvgIpc) is 3.08. The summed E-state index contributed by atoms with van der Waals surface area (Å²) in [5.41, 5.74) is 1.18. The van der Waals surface area contributed by atoms with E-state index < -0.39 is 21.9 Å². The molecule has 10 heteroatoms. The molecule has 0 spiro atoms. The molecule has 0 fully saturated rings. The van der Waals surface area contributed by atoms with Crippen molar-refractivity contribution < 1.29 is 22.7 Å². The number of amides is 1. The summed E-state index contributed by atoms with van der Waals surface area (Å²) in [6.45, 7) is 3.73. The molecule has 0 radical (unpaired) electrons. The summed E-state index contributed by atoms with van der Waals surface area (Å²) < 4.78 is 32.5. The highest BCUT2D eigenvalue weighted by atomic mass is 35.5. The van der Waals surface area contributed by atoms with Gasteiger partial charge in [0.15, 0.2) is 0 Å². The van der Waals surface area contributed by atoms with Crippen LogP contribution in [0.15, 0.2) is 59.5 Å². The number of sulfonamides is 1. The van der Waals surface area contributed by atoms with E-state index in [1.165, 1.54) is 30.3 Å². The SMILES string of the molecule is CCOC(=O)c1sc(NC(=O)c2cccc(NS(=O)(=O)c3ccc(Cl)cc3)c2)cc1C. The van der Waals surface area contributed by atoms with Crippen molar-refractivity contribution in [1.82, 2.24) is 0 Å². The molecule has 1 heterocycles. The second-order valence-electron chi connectivity index (χ2n) is 6.44. The molecule has 0 aliphatic carbocycles. The van der Waals surface area contributed by atoms with Crippen molar-refractivity contribution in [3.8, 4) is 0 Å². The molecule has 0 bridgehead atoms. The van der Waals surface area contributed by atoms with Gasteiger partial charge in [0, 0.05) is 16.3 Å². The van der Waals surface area contributed by atoms with Gasteiger partial charge in [-0.15, -0.1) is 11.3 Å². The maximum absolute atomic E-state index is 12.6. The lowest BCUT2D eigenvalue weighted by atomic mass is 10.2. The van der Waals surface area contributed by atoms with Gasteiger partial charge in [-0.3, -0.25) is 9.52 Å². The Morgan fingerprint density at radius 1 is 1.10 bits per heavy atom. The van der Waals surface area contributed by atoms with Crippen molar-refractivity contribution in [3.05, 3.63) is 75.6 Å². The van der Waals surface area contributed by atoms with Crippen molar-refractivity contribution in [1.29, 1.82) is 0 Å². The van der Waals surface area contributed by atoms with Gasteiger partial charge in [0.2, 0.25) is 0 Å². The van der Waals surface area contributed by atoms with Crippen LogP contribution in [-0.2, 0) is 14.8 Å². The van der Waals surface area contributed by atoms with Crippen LogP contribution in [0.4, 0.5) is 10.7 Å². The van der Waals surface area contributed by atoms with E-state index in [9.17, 15) is 18.0 Å². The average molecular weight is 479 g/mol. The number of thiophene rings is 1. The van der Waals surface area contributed by atoms with Crippen LogP contribution in [0.5, 0.6) is 0 Å². The Kier molecular flexibility index (Phi) is 6.99. The summed E-state index contributed by atoms with van der Waals surface area (Å²) in [6.07, 6.45) is 0. The lowest BCUT2D eigenvalue weighted by Crippen LogP contribution is -2.14. The predicted octanol–water partition coefficient (Wildman–Crippen LogP) is 4.94. The van der Waals surface area contributed by atoms with Crippen LogP contribution in [0.25, 0.3) is 0 Å².